The predicted octanol–water partition coefficient (Wildman–Crippen LogP) is 1.16. The highest BCUT2D eigenvalue weighted by Gasteiger charge is 2.22. The van der Waals surface area contributed by atoms with E-state index in [2.05, 4.69) is 10.3 Å². The molecule has 0 radical (unpaired) electrons. The first-order valence-electron chi connectivity index (χ1n) is 6.41. The Morgan fingerprint density at radius 1 is 1.32 bits per heavy atom. The standard InChI is InChI=1S/C14H15N3O2/c1-9-16-12-5-3-2-4-11(12)14(19)17(9)10-6-7-13(18)15-8-10/h2-5,10H,6-8H2,1H3,(H,15,18). The highest BCUT2D eigenvalue weighted by molar-refractivity contribution is 5.78. The van der Waals surface area contributed by atoms with Crippen LogP contribution in [0.5, 0.6) is 0 Å². The number of piperidine rings is 1. The maximum atomic E-state index is 12.5. The van der Waals surface area contributed by atoms with Gasteiger partial charge < -0.3 is 5.32 Å². The fourth-order valence-electron chi connectivity index (χ4n) is 2.63. The molecule has 19 heavy (non-hydrogen) atoms. The average Bonchev–Trinajstić information content (AvgIpc) is 2.41. The van der Waals surface area contributed by atoms with E-state index in [1.54, 1.807) is 10.6 Å². The summed E-state index contributed by atoms with van der Waals surface area (Å²) in [6.45, 7) is 2.34. The Hall–Kier alpha value is -2.17. The van der Waals surface area contributed by atoms with Crippen LogP contribution >= 0.6 is 0 Å². The van der Waals surface area contributed by atoms with Crippen LogP contribution < -0.4 is 10.9 Å². The zero-order valence-electron chi connectivity index (χ0n) is 10.7. The second kappa shape index (κ2) is 4.50. The number of para-hydroxylation sites is 1. The Labute approximate surface area is 110 Å². The van der Waals surface area contributed by atoms with E-state index in [0.717, 1.165) is 5.52 Å². The Bertz CT molecular complexity index is 695. The summed E-state index contributed by atoms with van der Waals surface area (Å²) in [4.78, 5) is 28.2. The van der Waals surface area contributed by atoms with Crippen LogP contribution in [-0.2, 0) is 4.79 Å². The summed E-state index contributed by atoms with van der Waals surface area (Å²) in [6.07, 6.45) is 1.15. The molecule has 1 aliphatic rings. The molecule has 3 rings (SSSR count). The van der Waals surface area contributed by atoms with Crippen LogP contribution in [0.15, 0.2) is 29.1 Å². The van der Waals surface area contributed by atoms with Crippen molar-refractivity contribution in [1.29, 1.82) is 0 Å². The maximum Gasteiger partial charge on any atom is 0.261 e. The molecule has 0 saturated carbocycles. The second-order valence-electron chi connectivity index (χ2n) is 4.85. The molecule has 5 nitrogen and oxygen atoms in total. The van der Waals surface area contributed by atoms with Crippen molar-refractivity contribution in [2.45, 2.75) is 25.8 Å². The van der Waals surface area contributed by atoms with Crippen LogP contribution in [-0.4, -0.2) is 22.0 Å². The van der Waals surface area contributed by atoms with Crippen molar-refractivity contribution in [2.24, 2.45) is 0 Å². The number of hydrogen-bond donors (Lipinski definition) is 1. The predicted molar refractivity (Wildman–Crippen MR) is 72.0 cm³/mol. The van der Waals surface area contributed by atoms with Crippen molar-refractivity contribution in [1.82, 2.24) is 14.9 Å². The number of fused-ring (bicyclic) bond motifs is 1. The SMILES string of the molecule is Cc1nc2ccccc2c(=O)n1C1CCC(=O)NC1. The van der Waals surface area contributed by atoms with Crippen molar-refractivity contribution in [3.8, 4) is 0 Å². The molecule has 1 atom stereocenters. The summed E-state index contributed by atoms with van der Waals surface area (Å²) in [7, 11) is 0. The van der Waals surface area contributed by atoms with Gasteiger partial charge in [0.25, 0.3) is 5.56 Å². The van der Waals surface area contributed by atoms with E-state index < -0.39 is 0 Å². The van der Waals surface area contributed by atoms with Crippen LogP contribution in [0.25, 0.3) is 10.9 Å². The molecule has 1 aromatic carbocycles. The number of aromatic nitrogens is 2. The molecule has 0 bridgehead atoms. The van der Waals surface area contributed by atoms with Gasteiger partial charge in [-0.1, -0.05) is 12.1 Å². The number of amides is 1. The quantitative estimate of drug-likeness (QED) is 0.833. The van der Waals surface area contributed by atoms with E-state index in [0.29, 0.717) is 30.6 Å². The highest BCUT2D eigenvalue weighted by atomic mass is 16.2. The third kappa shape index (κ3) is 2.01. The first-order chi connectivity index (χ1) is 9.16. The van der Waals surface area contributed by atoms with Crippen LogP contribution in [0.3, 0.4) is 0 Å². The van der Waals surface area contributed by atoms with E-state index in [1.807, 2.05) is 25.1 Å². The molecule has 5 heteroatoms. The molecule has 1 saturated heterocycles. The van der Waals surface area contributed by atoms with Crippen molar-refractivity contribution < 1.29 is 4.79 Å². The lowest BCUT2D eigenvalue weighted by Gasteiger charge is -2.26. The van der Waals surface area contributed by atoms with Gasteiger partial charge in [0.2, 0.25) is 5.91 Å². The molecule has 1 aliphatic heterocycles. The van der Waals surface area contributed by atoms with E-state index in [1.165, 1.54) is 0 Å². The number of rotatable bonds is 1. The summed E-state index contributed by atoms with van der Waals surface area (Å²) in [5, 5.41) is 3.44. The lowest BCUT2D eigenvalue weighted by atomic mass is 10.1. The summed E-state index contributed by atoms with van der Waals surface area (Å²) in [5.41, 5.74) is 0.699. The molecule has 1 amide bonds. The van der Waals surface area contributed by atoms with Gasteiger partial charge in [-0.25, -0.2) is 4.98 Å². The fourth-order valence-corrected chi connectivity index (χ4v) is 2.63. The van der Waals surface area contributed by atoms with Crippen LogP contribution in [0.2, 0.25) is 0 Å². The maximum absolute atomic E-state index is 12.5. The number of aryl methyl sites for hydroxylation is 1. The lowest BCUT2D eigenvalue weighted by molar-refractivity contribution is -0.122. The minimum Gasteiger partial charge on any atom is -0.354 e. The average molecular weight is 257 g/mol. The molecule has 1 unspecified atom stereocenters. The number of benzene rings is 1. The third-order valence-electron chi connectivity index (χ3n) is 3.59. The molecule has 0 spiro atoms. The Morgan fingerprint density at radius 2 is 2.11 bits per heavy atom. The first kappa shape index (κ1) is 11.9. The minimum atomic E-state index is -0.0238. The van der Waals surface area contributed by atoms with Gasteiger partial charge in [-0.05, 0) is 25.5 Å². The molecule has 1 N–H and O–H groups in total. The number of nitrogens with zero attached hydrogens (tertiary/aromatic N) is 2. The monoisotopic (exact) mass is 257 g/mol. The molecular formula is C14H15N3O2. The Morgan fingerprint density at radius 3 is 2.84 bits per heavy atom. The van der Waals surface area contributed by atoms with Crippen LogP contribution in [0.4, 0.5) is 0 Å². The van der Waals surface area contributed by atoms with E-state index >= 15 is 0 Å². The van der Waals surface area contributed by atoms with Gasteiger partial charge in [0.1, 0.15) is 5.82 Å². The van der Waals surface area contributed by atoms with Gasteiger partial charge >= 0.3 is 0 Å². The first-order valence-corrected chi connectivity index (χ1v) is 6.41. The number of hydrogen-bond acceptors (Lipinski definition) is 3. The smallest absolute Gasteiger partial charge is 0.261 e. The van der Waals surface area contributed by atoms with E-state index in [-0.39, 0.29) is 17.5 Å². The van der Waals surface area contributed by atoms with Crippen molar-refractivity contribution in [2.75, 3.05) is 6.54 Å². The van der Waals surface area contributed by atoms with Crippen LogP contribution in [0, 0.1) is 6.92 Å². The summed E-state index contributed by atoms with van der Waals surface area (Å²) in [5.74, 6) is 0.751. The van der Waals surface area contributed by atoms with Crippen molar-refractivity contribution >= 4 is 16.8 Å². The van der Waals surface area contributed by atoms with E-state index in [9.17, 15) is 9.59 Å². The second-order valence-corrected chi connectivity index (χ2v) is 4.85. The summed E-state index contributed by atoms with van der Waals surface area (Å²) >= 11 is 0. The van der Waals surface area contributed by atoms with Gasteiger partial charge in [0.15, 0.2) is 0 Å². The minimum absolute atomic E-state index is 0.00214. The van der Waals surface area contributed by atoms with Gasteiger partial charge in [0, 0.05) is 13.0 Å². The van der Waals surface area contributed by atoms with Crippen molar-refractivity contribution in [3.05, 3.63) is 40.4 Å². The zero-order chi connectivity index (χ0) is 13.4. The molecule has 0 aliphatic carbocycles. The normalized spacial score (nSPS) is 19.4. The molecular weight excluding hydrogens is 242 g/mol. The number of carbonyl (C=O) groups excluding carboxylic acids is 1. The van der Waals surface area contributed by atoms with Gasteiger partial charge in [-0.15, -0.1) is 0 Å². The molecule has 1 aromatic heterocycles. The molecule has 2 heterocycles. The number of nitrogens with one attached hydrogen (secondary N) is 1. The number of carbonyl (C=O) groups is 1. The topological polar surface area (TPSA) is 64.0 Å². The van der Waals surface area contributed by atoms with Gasteiger partial charge in [-0.2, -0.15) is 0 Å². The van der Waals surface area contributed by atoms with E-state index in [4.69, 9.17) is 0 Å². The fraction of sp³-hybridized carbons (Fsp3) is 0.357. The lowest BCUT2D eigenvalue weighted by Crippen LogP contribution is -2.40. The highest BCUT2D eigenvalue weighted by Crippen LogP contribution is 2.18. The van der Waals surface area contributed by atoms with Crippen molar-refractivity contribution in [3.63, 3.8) is 0 Å². The summed E-state index contributed by atoms with van der Waals surface area (Å²) < 4.78 is 1.71. The largest absolute Gasteiger partial charge is 0.354 e. The summed E-state index contributed by atoms with van der Waals surface area (Å²) in [6, 6.07) is 7.36. The Balaban J connectivity index is 2.13. The van der Waals surface area contributed by atoms with Crippen LogP contribution in [0.1, 0.15) is 24.7 Å². The van der Waals surface area contributed by atoms with Gasteiger partial charge in [-0.3, -0.25) is 14.2 Å². The molecule has 1 fully saturated rings. The Kier molecular flexibility index (Phi) is 2.81. The zero-order valence-corrected chi connectivity index (χ0v) is 10.7. The third-order valence-corrected chi connectivity index (χ3v) is 3.59. The van der Waals surface area contributed by atoms with Gasteiger partial charge in [0.05, 0.1) is 16.9 Å². The molecule has 98 valence electrons. The molecule has 2 aromatic rings.